The van der Waals surface area contributed by atoms with Crippen LogP contribution in [-0.4, -0.2) is 77.0 Å². The average molecular weight is 609 g/mol. The second-order valence-electron chi connectivity index (χ2n) is 11.8. The molecule has 3 heterocycles. The van der Waals surface area contributed by atoms with Gasteiger partial charge < -0.3 is 19.4 Å². The molecule has 0 radical (unpaired) electrons. The van der Waals surface area contributed by atoms with Crippen LogP contribution in [0.5, 0.6) is 0 Å². The Labute approximate surface area is 257 Å². The highest BCUT2D eigenvalue weighted by Gasteiger charge is 2.43. The zero-order valence-corrected chi connectivity index (χ0v) is 25.6. The van der Waals surface area contributed by atoms with Gasteiger partial charge in [0.2, 0.25) is 5.91 Å². The normalized spacial score (nSPS) is 24.1. The molecule has 10 heteroatoms. The number of likely N-dealkylation sites (N-methyl/N-ethyl adjacent to an activating group) is 1. The van der Waals surface area contributed by atoms with E-state index in [-0.39, 0.29) is 36.0 Å². The fourth-order valence-corrected chi connectivity index (χ4v) is 6.27. The van der Waals surface area contributed by atoms with E-state index in [0.717, 1.165) is 11.4 Å². The molecule has 0 bridgehead atoms. The molecule has 43 heavy (non-hydrogen) atoms. The van der Waals surface area contributed by atoms with Crippen LogP contribution in [0.1, 0.15) is 61.9 Å². The van der Waals surface area contributed by atoms with E-state index in [0.29, 0.717) is 61.9 Å². The van der Waals surface area contributed by atoms with Gasteiger partial charge in [-0.25, -0.2) is 14.2 Å². The van der Waals surface area contributed by atoms with Gasteiger partial charge in [0, 0.05) is 67.8 Å². The molecule has 2 aliphatic heterocycles. The predicted octanol–water partition coefficient (Wildman–Crippen LogP) is 6.18. The van der Waals surface area contributed by atoms with E-state index in [9.17, 15) is 18.8 Å². The number of halogens is 2. The lowest BCUT2D eigenvalue weighted by Crippen LogP contribution is -2.46. The molecule has 2 fully saturated rings. The van der Waals surface area contributed by atoms with Gasteiger partial charge >= 0.3 is 6.09 Å². The van der Waals surface area contributed by atoms with Crippen LogP contribution in [0.15, 0.2) is 66.6 Å². The number of allylic oxidation sites excluding steroid dienone is 3. The molecule has 5 rings (SSSR count). The van der Waals surface area contributed by atoms with Crippen LogP contribution in [-0.2, 0) is 9.53 Å². The molecular weight excluding hydrogens is 571 g/mol. The Morgan fingerprint density at radius 1 is 1.12 bits per heavy atom. The number of likely N-dealkylation sites (tertiary alicyclic amines) is 1. The number of hydrogen-bond acceptors (Lipinski definition) is 6. The van der Waals surface area contributed by atoms with Gasteiger partial charge in [0.25, 0.3) is 0 Å². The average Bonchev–Trinajstić information content (AvgIpc) is 3.43. The van der Waals surface area contributed by atoms with Crippen molar-refractivity contribution in [2.75, 3.05) is 37.6 Å². The van der Waals surface area contributed by atoms with Gasteiger partial charge in [0.15, 0.2) is 5.78 Å². The molecule has 0 N–H and O–H groups in total. The van der Waals surface area contributed by atoms with Crippen LogP contribution in [0.4, 0.5) is 15.0 Å². The number of ether oxygens (including phenoxy) is 1. The second-order valence-corrected chi connectivity index (χ2v) is 12.2. The lowest BCUT2D eigenvalue weighted by molar-refractivity contribution is -0.135. The molecule has 8 nitrogen and oxygen atoms in total. The quantitative estimate of drug-likeness (QED) is 0.349. The molecule has 2 unspecified atom stereocenters. The number of benzene rings is 1. The predicted molar refractivity (Wildman–Crippen MR) is 164 cm³/mol. The number of nitrogens with zero attached hydrogens (tertiary/aromatic N) is 4. The Hall–Kier alpha value is -3.72. The maximum absolute atomic E-state index is 14.2. The summed E-state index contributed by atoms with van der Waals surface area (Å²) in [6, 6.07) is 10.9. The number of Topliss-reactive ketones (excluding diaryl/α,β-unsaturated/α-hetero) is 1. The summed E-state index contributed by atoms with van der Waals surface area (Å²) in [7, 11) is 0. The molecule has 1 aromatic carbocycles. The molecule has 228 valence electrons. The van der Waals surface area contributed by atoms with E-state index in [4.69, 9.17) is 16.3 Å². The van der Waals surface area contributed by atoms with Gasteiger partial charge in [-0.1, -0.05) is 23.7 Å². The maximum Gasteiger partial charge on any atom is 0.415 e. The van der Waals surface area contributed by atoms with Crippen molar-refractivity contribution in [1.82, 2.24) is 14.8 Å². The standard InChI is InChI=1S/C33H38ClFN4O4/c1-4-39(32(42)43-27-11-15-33(3,35)16-12-27)29-21-38(20-28(29)23-5-8-26(34)9-6-23)31(41)24-13-17-37(18-14-24)30-10-7-25(19-36-30)22(2)40/h5-12,15,19,24,28-29H,4,13-14,16-18,20-21H2,1-3H3/t28?,29-,33?/m1/s1. The summed E-state index contributed by atoms with van der Waals surface area (Å²) in [5.74, 6) is 0.937. The van der Waals surface area contributed by atoms with Crippen LogP contribution >= 0.6 is 11.6 Å². The maximum atomic E-state index is 14.2. The number of piperidine rings is 1. The second kappa shape index (κ2) is 12.9. The minimum absolute atomic E-state index is 0.0219. The van der Waals surface area contributed by atoms with Gasteiger partial charge in [-0.3, -0.25) is 9.59 Å². The number of carbonyl (C=O) groups is 3. The number of rotatable bonds is 7. The van der Waals surface area contributed by atoms with Gasteiger partial charge in [0.1, 0.15) is 17.2 Å². The van der Waals surface area contributed by atoms with Gasteiger partial charge in [-0.2, -0.15) is 0 Å². The number of alkyl halides is 1. The number of ketones is 1. The van der Waals surface area contributed by atoms with E-state index in [1.54, 1.807) is 23.2 Å². The fraction of sp³-hybridized carbons (Fsp3) is 0.455. The van der Waals surface area contributed by atoms with E-state index < -0.39 is 11.8 Å². The minimum atomic E-state index is -1.46. The molecule has 1 aromatic heterocycles. The molecule has 2 aromatic rings. The first-order valence-corrected chi connectivity index (χ1v) is 15.3. The van der Waals surface area contributed by atoms with E-state index in [1.807, 2.05) is 42.2 Å². The number of carbonyl (C=O) groups excluding carboxylic acids is 3. The Morgan fingerprint density at radius 3 is 2.42 bits per heavy atom. The summed E-state index contributed by atoms with van der Waals surface area (Å²) in [5.41, 5.74) is 0.113. The first kappa shape index (κ1) is 30.7. The highest BCUT2D eigenvalue weighted by molar-refractivity contribution is 6.30. The summed E-state index contributed by atoms with van der Waals surface area (Å²) >= 11 is 6.17. The van der Waals surface area contributed by atoms with Crippen LogP contribution in [0.3, 0.4) is 0 Å². The van der Waals surface area contributed by atoms with Gasteiger partial charge in [-0.05, 0) is 81.7 Å². The number of pyridine rings is 1. The van der Waals surface area contributed by atoms with Crippen molar-refractivity contribution >= 4 is 35.2 Å². The van der Waals surface area contributed by atoms with Crippen molar-refractivity contribution in [2.24, 2.45) is 5.92 Å². The summed E-state index contributed by atoms with van der Waals surface area (Å²) in [4.78, 5) is 49.0. The van der Waals surface area contributed by atoms with Crippen LogP contribution < -0.4 is 4.90 Å². The Bertz CT molecular complexity index is 1400. The Kier molecular flexibility index (Phi) is 9.20. The Balaban J connectivity index is 1.28. The van der Waals surface area contributed by atoms with Crippen LogP contribution in [0.25, 0.3) is 0 Å². The minimum Gasteiger partial charge on any atom is -0.411 e. The summed E-state index contributed by atoms with van der Waals surface area (Å²) in [6.07, 6.45) is 7.08. The monoisotopic (exact) mass is 608 g/mol. The van der Waals surface area contributed by atoms with Crippen molar-refractivity contribution in [3.8, 4) is 0 Å². The molecule has 2 saturated heterocycles. The van der Waals surface area contributed by atoms with Crippen molar-refractivity contribution in [3.05, 3.63) is 82.7 Å². The fourth-order valence-electron chi connectivity index (χ4n) is 6.14. The summed E-state index contributed by atoms with van der Waals surface area (Å²) in [5, 5.41) is 0.617. The molecule has 3 atom stereocenters. The summed E-state index contributed by atoms with van der Waals surface area (Å²) in [6.45, 7) is 7.52. The summed E-state index contributed by atoms with van der Waals surface area (Å²) < 4.78 is 19.9. The molecule has 3 aliphatic rings. The molecule has 2 amide bonds. The molecular formula is C33H38ClFN4O4. The topological polar surface area (TPSA) is 83.0 Å². The zero-order valence-electron chi connectivity index (χ0n) is 24.8. The number of amides is 2. The zero-order chi connectivity index (χ0) is 30.7. The van der Waals surface area contributed by atoms with Crippen LogP contribution in [0.2, 0.25) is 5.02 Å². The van der Waals surface area contributed by atoms with Crippen molar-refractivity contribution in [3.63, 3.8) is 0 Å². The largest absolute Gasteiger partial charge is 0.415 e. The van der Waals surface area contributed by atoms with E-state index in [1.165, 1.54) is 26.0 Å². The van der Waals surface area contributed by atoms with Crippen LogP contribution in [0, 0.1) is 5.92 Å². The van der Waals surface area contributed by atoms with E-state index >= 15 is 0 Å². The lowest BCUT2D eigenvalue weighted by Gasteiger charge is -2.34. The lowest BCUT2D eigenvalue weighted by atomic mass is 9.93. The van der Waals surface area contributed by atoms with E-state index in [2.05, 4.69) is 9.88 Å². The first-order valence-electron chi connectivity index (χ1n) is 14.9. The molecule has 1 aliphatic carbocycles. The van der Waals surface area contributed by atoms with Crippen molar-refractivity contribution in [2.45, 2.75) is 57.7 Å². The Morgan fingerprint density at radius 2 is 1.84 bits per heavy atom. The molecule has 0 spiro atoms. The smallest absolute Gasteiger partial charge is 0.411 e. The first-order chi connectivity index (χ1) is 20.5. The SMILES string of the molecule is CCN(C(=O)OC1=CCC(C)(F)C=C1)[C@@H]1CN(C(=O)C2CCN(c3ccc(C(C)=O)cn3)CC2)CC1c1ccc(Cl)cc1. The number of aromatic nitrogens is 1. The van der Waals surface area contributed by atoms with Gasteiger partial charge in [-0.15, -0.1) is 0 Å². The number of hydrogen-bond donors (Lipinski definition) is 0. The third-order valence-electron chi connectivity index (χ3n) is 8.70. The third kappa shape index (κ3) is 7.09. The van der Waals surface area contributed by atoms with Gasteiger partial charge in [0.05, 0.1) is 6.04 Å². The highest BCUT2D eigenvalue weighted by atomic mass is 35.5. The number of anilines is 1. The van der Waals surface area contributed by atoms with Crippen molar-refractivity contribution in [1.29, 1.82) is 0 Å². The van der Waals surface area contributed by atoms with Crippen molar-refractivity contribution < 1.29 is 23.5 Å². The molecule has 0 saturated carbocycles. The highest BCUT2D eigenvalue weighted by Crippen LogP contribution is 2.35. The third-order valence-corrected chi connectivity index (χ3v) is 8.95.